The van der Waals surface area contributed by atoms with E-state index in [4.69, 9.17) is 63.1 Å². The molecule has 3 atom stereocenters. The molecule has 0 bridgehead atoms. The van der Waals surface area contributed by atoms with Gasteiger partial charge in [0.25, 0.3) is 16.7 Å². The van der Waals surface area contributed by atoms with Gasteiger partial charge >= 0.3 is 41.8 Å². The highest BCUT2D eigenvalue weighted by molar-refractivity contribution is 5.92. The van der Waals surface area contributed by atoms with Gasteiger partial charge in [-0.05, 0) is 106 Å². The van der Waals surface area contributed by atoms with Crippen LogP contribution in [-0.2, 0) is 150 Å². The Bertz CT molecular complexity index is 5860. The van der Waals surface area contributed by atoms with Crippen LogP contribution in [0.2, 0.25) is 0 Å². The molecule has 0 amide bonds. The van der Waals surface area contributed by atoms with Crippen molar-refractivity contribution in [3.8, 4) is 34.2 Å². The number of carbonyl (C=O) groups is 8. The largest absolute Gasteiger partial charge is 0.464 e. The standard InChI is InChI=1S/C35H37N5O9.C26H23N5O8.C20H16N2O4/c1-3-35(49-31(43)21-46-20-30(42)47-14-13-39-18-25(37-38-39)11-6-4-5-9-22(2)41)27-16-29-32-24(15-23-10-7-8-12-28(23)36-32)17-40(29)33(44)26(27)19-48-34(35)45;1-2-26(39-22(33)14-36-13-21(32)37-8-7-28-30-27)18-10-20-23-16(9-15-5-3-4-6-19(15)29-23)11-31(20)24(34)17(18)12-38-25(26)35;1-2-20(25)14-8-16-17-12(7-11-5-3-4-6-15(11)21-17)9-22(16)18(23)13(14)10-26-19(20)24/h7-8,10,12,15-16,18H,3-6,9,11,13-14,17,19-21H2,1-2H3;3-6,9-10H,2,7-8,11-14H2,1H3;3-8,25H,2,9-10H2,1H3/t35-;26-;20-/m000/s1. The molecular weight excluding hydrogens is 1480 g/mol. The highest BCUT2D eigenvalue weighted by Crippen LogP contribution is 2.44. The van der Waals surface area contributed by atoms with Gasteiger partial charge in [-0.1, -0.05) is 92.1 Å². The second kappa shape index (κ2) is 32.8. The van der Waals surface area contributed by atoms with E-state index in [0.717, 1.165) is 86.5 Å². The Morgan fingerprint density at radius 1 is 0.535 bits per heavy atom. The molecule has 33 nitrogen and oxygen atoms in total. The maximum absolute atomic E-state index is 13.7. The normalized spacial score (nSPS) is 17.4. The minimum Gasteiger partial charge on any atom is -0.464 e. The van der Waals surface area contributed by atoms with E-state index >= 15 is 0 Å². The predicted octanol–water partition coefficient (Wildman–Crippen LogP) is 7.75. The van der Waals surface area contributed by atoms with Gasteiger partial charge < -0.3 is 66.2 Å². The van der Waals surface area contributed by atoms with Gasteiger partial charge in [0.1, 0.15) is 58.6 Å². The molecule has 114 heavy (non-hydrogen) atoms. The third-order valence-electron chi connectivity index (χ3n) is 20.8. The van der Waals surface area contributed by atoms with Crippen molar-refractivity contribution in [1.29, 1.82) is 0 Å². The molecule has 0 unspecified atom stereocenters. The fraction of sp³-hybridized carbons (Fsp3) is 0.358. The number of Topliss-reactive ketones (excluding diaryl/α,β-unsaturated/α-hetero) is 1. The summed E-state index contributed by atoms with van der Waals surface area (Å²) in [5.41, 5.74) is 12.9. The highest BCUT2D eigenvalue weighted by Gasteiger charge is 2.53. The Kier molecular flexibility index (Phi) is 22.3. The van der Waals surface area contributed by atoms with Crippen LogP contribution in [0, 0.1) is 0 Å². The molecule has 0 spiro atoms. The molecule has 6 aliphatic rings. The monoisotopic (exact) mass is 1550 g/mol. The average Bonchev–Trinajstić information content (AvgIpc) is 1.45. The van der Waals surface area contributed by atoms with E-state index in [0.29, 0.717) is 65.7 Å². The number of rotatable bonds is 25. The Morgan fingerprint density at radius 2 is 0.956 bits per heavy atom. The summed E-state index contributed by atoms with van der Waals surface area (Å²) in [6.45, 7) is 4.76. The zero-order valence-corrected chi connectivity index (χ0v) is 62.5. The van der Waals surface area contributed by atoms with Gasteiger partial charge in [0.05, 0.1) is 112 Å². The summed E-state index contributed by atoms with van der Waals surface area (Å²) in [4.78, 5) is 156. The summed E-state index contributed by atoms with van der Waals surface area (Å²) in [6, 6.07) is 34.1. The van der Waals surface area contributed by atoms with Gasteiger partial charge in [-0.3, -0.25) is 14.4 Å². The topological polar surface area (TPSA) is 424 Å². The smallest absolute Gasteiger partial charge is 0.355 e. The molecule has 0 aliphatic carbocycles. The number of pyridine rings is 6. The summed E-state index contributed by atoms with van der Waals surface area (Å²) < 4.78 is 53.8. The molecule has 16 rings (SSSR count). The number of esters is 7. The van der Waals surface area contributed by atoms with Gasteiger partial charge in [-0.25, -0.2) is 53.2 Å². The number of aryl methyl sites for hydroxylation is 1. The Morgan fingerprint density at radius 3 is 1.39 bits per heavy atom. The number of benzene rings is 3. The maximum atomic E-state index is 13.7. The lowest BCUT2D eigenvalue weighted by Crippen LogP contribution is -2.48. The molecule has 10 aromatic rings. The second-order valence-corrected chi connectivity index (χ2v) is 27.9. The van der Waals surface area contributed by atoms with E-state index in [1.807, 2.05) is 91.0 Å². The maximum Gasteiger partial charge on any atom is 0.355 e. The van der Waals surface area contributed by atoms with E-state index in [1.54, 1.807) is 70.5 Å². The third-order valence-corrected chi connectivity index (χ3v) is 20.8. The summed E-state index contributed by atoms with van der Waals surface area (Å²) >= 11 is 0. The van der Waals surface area contributed by atoms with Crippen LogP contribution in [0.1, 0.15) is 128 Å². The zero-order valence-electron chi connectivity index (χ0n) is 62.5. The number of ether oxygens (including phenoxy) is 9. The number of aromatic nitrogens is 9. The zero-order chi connectivity index (χ0) is 80.2. The molecule has 0 saturated heterocycles. The van der Waals surface area contributed by atoms with Crippen LogP contribution in [0.4, 0.5) is 0 Å². The van der Waals surface area contributed by atoms with Crippen molar-refractivity contribution in [2.75, 3.05) is 46.2 Å². The number of unbranched alkanes of at least 4 members (excludes halogenated alkanes) is 2. The number of para-hydroxylation sites is 3. The molecule has 3 aromatic carbocycles. The first kappa shape index (κ1) is 77.7. The number of azide groups is 1. The molecule has 6 aliphatic heterocycles. The fourth-order valence-corrected chi connectivity index (χ4v) is 15.0. The molecule has 0 saturated carbocycles. The van der Waals surface area contributed by atoms with Gasteiger partial charge in [0.15, 0.2) is 5.60 Å². The van der Waals surface area contributed by atoms with Crippen molar-refractivity contribution in [3.05, 3.63) is 213 Å². The quantitative estimate of drug-likeness (QED) is 0.0143. The lowest BCUT2D eigenvalue weighted by Gasteiger charge is -2.35. The number of hydrogen-bond donors (Lipinski definition) is 1. The van der Waals surface area contributed by atoms with Crippen molar-refractivity contribution in [2.24, 2.45) is 5.11 Å². The second-order valence-electron chi connectivity index (χ2n) is 27.9. The van der Waals surface area contributed by atoms with E-state index in [-0.39, 0.29) is 110 Å². The SMILES string of the molecule is CC[C@@]1(O)C(=O)OCc2c1cc1n(c2=O)Cc2cc3ccccc3nc2-1.CC[C@@]1(OC(=O)COCC(=O)OCCN=[N+]=[N-])C(=O)OCc2c1cc1n(c2=O)Cc2cc3ccccc3nc2-1.CC[C@@]1(OC(=O)COCC(=O)OCCn2cc(CCCCCC(C)=O)nn2)C(=O)OCc2c1cc1n(c2=O)Cc2cc3ccccc3nc2-1. The van der Waals surface area contributed by atoms with Crippen molar-refractivity contribution < 1.29 is 86.1 Å². The van der Waals surface area contributed by atoms with Crippen molar-refractivity contribution in [3.63, 3.8) is 0 Å². The number of nitrogens with zero attached hydrogens (tertiary/aromatic N) is 12. The molecule has 13 heterocycles. The van der Waals surface area contributed by atoms with Crippen LogP contribution in [0.15, 0.2) is 135 Å². The van der Waals surface area contributed by atoms with E-state index in [1.165, 1.54) is 0 Å². The van der Waals surface area contributed by atoms with Crippen LogP contribution >= 0.6 is 0 Å². The average molecular weight is 1550 g/mol. The Labute approximate surface area is 647 Å². The molecular formula is C81H76N12O21. The number of cyclic esters (lactones) is 3. The summed E-state index contributed by atoms with van der Waals surface area (Å²) in [7, 11) is 0. The van der Waals surface area contributed by atoms with E-state index in [2.05, 4.69) is 20.3 Å². The first-order chi connectivity index (χ1) is 55.1. The molecule has 0 radical (unpaired) electrons. The summed E-state index contributed by atoms with van der Waals surface area (Å²) in [5.74, 6) is -5.45. The van der Waals surface area contributed by atoms with Gasteiger partial charge in [0.2, 0.25) is 11.2 Å². The summed E-state index contributed by atoms with van der Waals surface area (Å²) in [6.07, 6.45) is 5.92. The van der Waals surface area contributed by atoms with Gasteiger partial charge in [0, 0.05) is 67.1 Å². The third kappa shape index (κ3) is 15.1. The van der Waals surface area contributed by atoms with Crippen molar-refractivity contribution in [2.45, 2.75) is 142 Å². The first-order valence-corrected chi connectivity index (χ1v) is 37.1. The lowest BCUT2D eigenvalue weighted by atomic mass is 9.85. The van der Waals surface area contributed by atoms with Gasteiger partial charge in [-0.15, -0.1) is 5.10 Å². The number of fused-ring (bicyclic) bond motifs is 15. The first-order valence-electron chi connectivity index (χ1n) is 37.1. The van der Waals surface area contributed by atoms with Crippen LogP contribution in [0.5, 0.6) is 0 Å². The minimum absolute atomic E-state index is 0.00260. The van der Waals surface area contributed by atoms with E-state index < -0.39 is 85.0 Å². The summed E-state index contributed by atoms with van der Waals surface area (Å²) in [5, 5.41) is 25.1. The predicted molar refractivity (Wildman–Crippen MR) is 402 cm³/mol. The van der Waals surface area contributed by atoms with E-state index in [9.17, 15) is 57.8 Å². The molecule has 1 N–H and O–H groups in total. The van der Waals surface area contributed by atoms with Crippen LogP contribution in [0.25, 0.3) is 77.3 Å². The molecule has 0 fully saturated rings. The Hall–Kier alpha value is -13.0. The van der Waals surface area contributed by atoms with Crippen LogP contribution in [0.3, 0.4) is 0 Å². The van der Waals surface area contributed by atoms with Gasteiger partial charge in [-0.2, -0.15) is 0 Å². The number of ketones is 1. The minimum atomic E-state index is -1.88. The number of aliphatic hydroxyl groups is 1. The van der Waals surface area contributed by atoms with Crippen molar-refractivity contribution in [1.82, 2.24) is 43.6 Å². The molecule has 7 aromatic heterocycles. The van der Waals surface area contributed by atoms with Crippen LogP contribution in [-0.4, -0.2) is 143 Å². The number of hydrogen-bond acceptors (Lipinski definition) is 27. The fourth-order valence-electron chi connectivity index (χ4n) is 15.0. The molecule has 586 valence electrons. The van der Waals surface area contributed by atoms with Crippen LogP contribution < -0.4 is 16.7 Å². The number of carbonyl (C=O) groups excluding carboxylic acids is 8. The molecule has 33 heteroatoms. The van der Waals surface area contributed by atoms with Crippen molar-refractivity contribution >= 4 is 80.3 Å². The highest BCUT2D eigenvalue weighted by atomic mass is 16.6. The Balaban J connectivity index is 0.000000148. The lowest BCUT2D eigenvalue weighted by molar-refractivity contribution is -0.192.